The average Bonchev–Trinajstić information content (AvgIpc) is 3.39. The number of nitrogens with one attached hydrogen (secondary N) is 1. The molecule has 1 N–H and O–H groups in total. The van der Waals surface area contributed by atoms with Gasteiger partial charge in [-0.3, -0.25) is 4.79 Å². The maximum atomic E-state index is 12.8. The molecule has 2 heterocycles. The van der Waals surface area contributed by atoms with Gasteiger partial charge in [-0.15, -0.1) is 0 Å². The molecule has 4 rings (SSSR count). The Balaban J connectivity index is 1.45. The zero-order valence-corrected chi connectivity index (χ0v) is 15.1. The summed E-state index contributed by atoms with van der Waals surface area (Å²) in [5, 5.41) is 7.36. The Morgan fingerprint density at radius 1 is 1.36 bits per heavy atom. The monoisotopic (exact) mass is 358 g/mol. The number of thioether (sulfide) groups is 1. The maximum absolute atomic E-state index is 12.8. The van der Waals surface area contributed by atoms with Crippen LogP contribution in [0.3, 0.4) is 0 Å². The van der Waals surface area contributed by atoms with Crippen LogP contribution in [0, 0.1) is 6.92 Å². The van der Waals surface area contributed by atoms with Crippen molar-refractivity contribution < 1.29 is 9.32 Å². The summed E-state index contributed by atoms with van der Waals surface area (Å²) in [6, 6.07) is 5.81. The van der Waals surface area contributed by atoms with Gasteiger partial charge >= 0.3 is 0 Å². The van der Waals surface area contributed by atoms with Crippen molar-refractivity contribution in [3.05, 3.63) is 41.0 Å². The number of hydrogen-bond acceptors (Lipinski definition) is 6. The SMILES string of the molecule is Cc1c(NCc2nc(C3CC3)no2)cccc1C(=O)N1CCSCC1. The molecule has 1 aromatic carbocycles. The number of rotatable bonds is 5. The van der Waals surface area contributed by atoms with Crippen LogP contribution in [0.15, 0.2) is 22.7 Å². The molecule has 2 aliphatic rings. The van der Waals surface area contributed by atoms with Crippen molar-refractivity contribution in [3.8, 4) is 0 Å². The van der Waals surface area contributed by atoms with Gasteiger partial charge in [0.05, 0.1) is 6.54 Å². The van der Waals surface area contributed by atoms with E-state index >= 15 is 0 Å². The molecular weight excluding hydrogens is 336 g/mol. The third kappa shape index (κ3) is 3.66. The molecule has 1 saturated carbocycles. The summed E-state index contributed by atoms with van der Waals surface area (Å²) in [7, 11) is 0. The molecule has 25 heavy (non-hydrogen) atoms. The smallest absolute Gasteiger partial charge is 0.254 e. The van der Waals surface area contributed by atoms with Gasteiger partial charge in [-0.05, 0) is 37.5 Å². The Bertz CT molecular complexity index is 766. The molecule has 1 aliphatic heterocycles. The lowest BCUT2D eigenvalue weighted by molar-refractivity contribution is 0.0771. The van der Waals surface area contributed by atoms with Crippen molar-refractivity contribution in [2.24, 2.45) is 0 Å². The van der Waals surface area contributed by atoms with Crippen LogP contribution in [0.4, 0.5) is 5.69 Å². The van der Waals surface area contributed by atoms with E-state index in [-0.39, 0.29) is 5.91 Å². The Kier molecular flexibility index (Phi) is 4.65. The van der Waals surface area contributed by atoms with E-state index in [1.807, 2.05) is 41.8 Å². The van der Waals surface area contributed by atoms with E-state index in [2.05, 4.69) is 15.5 Å². The highest BCUT2D eigenvalue weighted by molar-refractivity contribution is 7.99. The molecule has 132 valence electrons. The van der Waals surface area contributed by atoms with Crippen LogP contribution < -0.4 is 5.32 Å². The first-order valence-electron chi connectivity index (χ1n) is 8.75. The number of benzene rings is 1. The van der Waals surface area contributed by atoms with E-state index < -0.39 is 0 Å². The summed E-state index contributed by atoms with van der Waals surface area (Å²) in [5.74, 6) is 4.05. The molecule has 1 aromatic heterocycles. The molecular formula is C18H22N4O2S. The van der Waals surface area contributed by atoms with Crippen LogP contribution in [0.2, 0.25) is 0 Å². The number of anilines is 1. The van der Waals surface area contributed by atoms with Crippen molar-refractivity contribution in [1.82, 2.24) is 15.0 Å². The maximum Gasteiger partial charge on any atom is 0.254 e. The molecule has 0 atom stereocenters. The molecule has 1 aliphatic carbocycles. The first kappa shape index (κ1) is 16.4. The van der Waals surface area contributed by atoms with E-state index in [1.165, 1.54) is 0 Å². The number of aromatic nitrogens is 2. The minimum atomic E-state index is 0.121. The number of carbonyl (C=O) groups excluding carboxylic acids is 1. The van der Waals surface area contributed by atoms with Crippen molar-refractivity contribution in [2.45, 2.75) is 32.2 Å². The first-order chi connectivity index (χ1) is 12.2. The summed E-state index contributed by atoms with van der Waals surface area (Å²) in [6.07, 6.45) is 2.31. The van der Waals surface area contributed by atoms with Crippen molar-refractivity contribution in [3.63, 3.8) is 0 Å². The number of hydrogen-bond donors (Lipinski definition) is 1. The molecule has 0 radical (unpaired) electrons. The summed E-state index contributed by atoms with van der Waals surface area (Å²) >= 11 is 1.90. The fourth-order valence-electron chi connectivity index (χ4n) is 3.01. The zero-order valence-electron chi connectivity index (χ0n) is 14.3. The third-order valence-electron chi connectivity index (χ3n) is 4.72. The zero-order chi connectivity index (χ0) is 17.2. The predicted molar refractivity (Wildman–Crippen MR) is 98.0 cm³/mol. The van der Waals surface area contributed by atoms with Crippen LogP contribution in [-0.4, -0.2) is 45.5 Å². The fourth-order valence-corrected chi connectivity index (χ4v) is 3.92. The quantitative estimate of drug-likeness (QED) is 0.886. The van der Waals surface area contributed by atoms with Gasteiger partial charge in [0.2, 0.25) is 5.89 Å². The number of nitrogens with zero attached hydrogens (tertiary/aromatic N) is 3. The van der Waals surface area contributed by atoms with Gasteiger partial charge in [0, 0.05) is 41.8 Å². The minimum absolute atomic E-state index is 0.121. The molecule has 1 saturated heterocycles. The van der Waals surface area contributed by atoms with Gasteiger partial charge in [0.15, 0.2) is 5.82 Å². The summed E-state index contributed by atoms with van der Waals surface area (Å²) in [5.41, 5.74) is 2.66. The molecule has 6 nitrogen and oxygen atoms in total. The lowest BCUT2D eigenvalue weighted by atomic mass is 10.1. The van der Waals surface area contributed by atoms with Crippen LogP contribution in [0.25, 0.3) is 0 Å². The lowest BCUT2D eigenvalue weighted by Crippen LogP contribution is -2.38. The van der Waals surface area contributed by atoms with Crippen LogP contribution in [0.1, 0.15) is 46.4 Å². The predicted octanol–water partition coefficient (Wildman–Crippen LogP) is 3.06. The summed E-state index contributed by atoms with van der Waals surface area (Å²) in [4.78, 5) is 19.2. The van der Waals surface area contributed by atoms with Crippen LogP contribution in [-0.2, 0) is 6.54 Å². The Hall–Kier alpha value is -2.02. The lowest BCUT2D eigenvalue weighted by Gasteiger charge is -2.27. The molecule has 0 spiro atoms. The van der Waals surface area contributed by atoms with Crippen molar-refractivity contribution >= 4 is 23.4 Å². The summed E-state index contributed by atoms with van der Waals surface area (Å²) in [6.45, 7) is 4.11. The second kappa shape index (κ2) is 7.07. The van der Waals surface area contributed by atoms with Crippen LogP contribution in [0.5, 0.6) is 0 Å². The van der Waals surface area contributed by atoms with E-state index in [4.69, 9.17) is 4.52 Å². The highest BCUT2D eigenvalue weighted by atomic mass is 32.2. The third-order valence-corrected chi connectivity index (χ3v) is 5.66. The molecule has 2 fully saturated rings. The van der Waals surface area contributed by atoms with Gasteiger partial charge in [-0.2, -0.15) is 16.7 Å². The van der Waals surface area contributed by atoms with Crippen molar-refractivity contribution in [2.75, 3.05) is 29.9 Å². The molecule has 2 aromatic rings. The Morgan fingerprint density at radius 2 is 2.16 bits per heavy atom. The Morgan fingerprint density at radius 3 is 2.92 bits per heavy atom. The van der Waals surface area contributed by atoms with E-state index in [0.717, 1.165) is 60.1 Å². The molecule has 1 amide bonds. The van der Waals surface area contributed by atoms with Gasteiger partial charge in [0.1, 0.15) is 0 Å². The van der Waals surface area contributed by atoms with Crippen LogP contribution >= 0.6 is 11.8 Å². The van der Waals surface area contributed by atoms with E-state index in [9.17, 15) is 4.79 Å². The fraction of sp³-hybridized carbons (Fsp3) is 0.500. The number of carbonyl (C=O) groups is 1. The molecule has 0 bridgehead atoms. The van der Waals surface area contributed by atoms with Gasteiger partial charge in [-0.1, -0.05) is 11.2 Å². The van der Waals surface area contributed by atoms with E-state index in [0.29, 0.717) is 18.4 Å². The van der Waals surface area contributed by atoms with Gasteiger partial charge < -0.3 is 14.7 Å². The topological polar surface area (TPSA) is 71.3 Å². The first-order valence-corrected chi connectivity index (χ1v) is 9.91. The summed E-state index contributed by atoms with van der Waals surface area (Å²) < 4.78 is 5.30. The Labute approximate surface area is 151 Å². The highest BCUT2D eigenvalue weighted by Crippen LogP contribution is 2.38. The second-order valence-corrected chi connectivity index (χ2v) is 7.78. The molecule has 7 heteroatoms. The second-order valence-electron chi connectivity index (χ2n) is 6.56. The largest absolute Gasteiger partial charge is 0.376 e. The normalized spacial score (nSPS) is 17.6. The average molecular weight is 358 g/mol. The molecule has 0 unspecified atom stereocenters. The standard InChI is InChI=1S/C18H22N4O2S/c1-12-14(18(23)22-7-9-25-10-8-22)3-2-4-15(12)19-11-16-20-17(21-24-16)13-5-6-13/h2-4,13,19H,5-11H2,1H3. The van der Waals surface area contributed by atoms with Gasteiger partial charge in [-0.25, -0.2) is 0 Å². The minimum Gasteiger partial charge on any atom is -0.376 e. The number of amides is 1. The van der Waals surface area contributed by atoms with Gasteiger partial charge in [0.25, 0.3) is 5.91 Å². The van der Waals surface area contributed by atoms with E-state index in [1.54, 1.807) is 0 Å². The van der Waals surface area contributed by atoms with Crippen molar-refractivity contribution in [1.29, 1.82) is 0 Å². The highest BCUT2D eigenvalue weighted by Gasteiger charge is 2.28.